The fourth-order valence-corrected chi connectivity index (χ4v) is 2.04. The summed E-state index contributed by atoms with van der Waals surface area (Å²) in [5, 5.41) is 6.74. The van der Waals surface area contributed by atoms with Crippen LogP contribution in [0.25, 0.3) is 0 Å². The number of H-pyrrole nitrogens is 1. The molecule has 0 unspecified atom stereocenters. The van der Waals surface area contributed by atoms with Gasteiger partial charge in [0.15, 0.2) is 0 Å². The summed E-state index contributed by atoms with van der Waals surface area (Å²) in [7, 11) is 5.75. The van der Waals surface area contributed by atoms with Gasteiger partial charge < -0.3 is 0 Å². The summed E-state index contributed by atoms with van der Waals surface area (Å²) in [6.45, 7) is 0. The molecule has 1 aliphatic rings. The number of hydrogen-bond acceptors (Lipinski definition) is 1. The van der Waals surface area contributed by atoms with Crippen molar-refractivity contribution >= 4 is 13.4 Å². The van der Waals surface area contributed by atoms with E-state index in [0.29, 0.717) is 5.92 Å². The van der Waals surface area contributed by atoms with E-state index < -0.39 is 0 Å². The maximum absolute atomic E-state index is 5.75. The molecule has 0 aromatic carbocycles. The van der Waals surface area contributed by atoms with Crippen LogP contribution >= 0.6 is 0 Å². The summed E-state index contributed by atoms with van der Waals surface area (Å²) in [6, 6.07) is 0. The van der Waals surface area contributed by atoms with E-state index in [-0.39, 0.29) is 0 Å². The standard InChI is InChI=1S/C9H13BN2/c10-9-8(6-11-12-9)7-4-2-1-3-5-7/h6-7H,1-5H2,(H,11,12). The third-order valence-corrected chi connectivity index (χ3v) is 2.74. The van der Waals surface area contributed by atoms with Crippen molar-refractivity contribution in [3.8, 4) is 0 Å². The van der Waals surface area contributed by atoms with E-state index in [2.05, 4.69) is 10.2 Å². The molecule has 1 aromatic heterocycles. The molecule has 1 aromatic rings. The Hall–Kier alpha value is -0.725. The molecule has 3 heteroatoms. The fourth-order valence-electron chi connectivity index (χ4n) is 2.04. The van der Waals surface area contributed by atoms with Gasteiger partial charge in [-0.15, -0.1) is 0 Å². The molecule has 62 valence electrons. The lowest BCUT2D eigenvalue weighted by Crippen LogP contribution is -2.15. The highest BCUT2D eigenvalue weighted by Gasteiger charge is 2.17. The highest BCUT2D eigenvalue weighted by Crippen LogP contribution is 2.30. The van der Waals surface area contributed by atoms with Crippen LogP contribution < -0.4 is 5.59 Å². The predicted molar refractivity (Wildman–Crippen MR) is 49.8 cm³/mol. The third kappa shape index (κ3) is 1.40. The van der Waals surface area contributed by atoms with Crippen LogP contribution in [0.15, 0.2) is 6.20 Å². The van der Waals surface area contributed by atoms with Crippen LogP contribution in [0.2, 0.25) is 0 Å². The predicted octanol–water partition coefficient (Wildman–Crippen LogP) is 1.25. The Bertz CT molecular complexity index is 251. The van der Waals surface area contributed by atoms with Crippen LogP contribution in [0.3, 0.4) is 0 Å². The molecule has 12 heavy (non-hydrogen) atoms. The molecule has 0 atom stereocenters. The summed E-state index contributed by atoms with van der Waals surface area (Å²) in [5.41, 5.74) is 2.00. The zero-order valence-electron chi connectivity index (χ0n) is 7.21. The molecule has 1 N–H and O–H groups in total. The van der Waals surface area contributed by atoms with Crippen LogP contribution in [-0.4, -0.2) is 18.0 Å². The Morgan fingerprint density at radius 3 is 2.67 bits per heavy atom. The maximum Gasteiger partial charge on any atom is 0.141 e. The topological polar surface area (TPSA) is 28.7 Å². The molecular weight excluding hydrogens is 147 g/mol. The highest BCUT2D eigenvalue weighted by molar-refractivity contribution is 6.31. The van der Waals surface area contributed by atoms with E-state index in [1.807, 2.05) is 6.20 Å². The molecule has 1 aliphatic carbocycles. The largest absolute Gasteiger partial charge is 0.293 e. The number of rotatable bonds is 1. The Morgan fingerprint density at radius 1 is 1.33 bits per heavy atom. The van der Waals surface area contributed by atoms with Gasteiger partial charge in [0.2, 0.25) is 0 Å². The van der Waals surface area contributed by atoms with Crippen molar-refractivity contribution in [3.63, 3.8) is 0 Å². The maximum atomic E-state index is 5.75. The molecule has 0 spiro atoms. The summed E-state index contributed by atoms with van der Waals surface area (Å²) in [5.74, 6) is 0.664. The van der Waals surface area contributed by atoms with Gasteiger partial charge in [0, 0.05) is 0 Å². The zero-order chi connectivity index (χ0) is 8.39. The minimum atomic E-state index is 0.664. The van der Waals surface area contributed by atoms with Crippen molar-refractivity contribution in [1.82, 2.24) is 10.2 Å². The lowest BCUT2D eigenvalue weighted by molar-refractivity contribution is 0.445. The summed E-state index contributed by atoms with van der Waals surface area (Å²) in [6.07, 6.45) is 8.51. The first-order chi connectivity index (χ1) is 5.88. The number of hydrogen-bond donors (Lipinski definition) is 1. The number of aromatic amines is 1. The Balaban J connectivity index is 2.13. The van der Waals surface area contributed by atoms with Crippen LogP contribution in [-0.2, 0) is 0 Å². The molecule has 0 amide bonds. The Kier molecular flexibility index (Phi) is 2.20. The van der Waals surface area contributed by atoms with Gasteiger partial charge in [-0.25, -0.2) is 0 Å². The minimum Gasteiger partial charge on any atom is -0.293 e. The lowest BCUT2D eigenvalue weighted by atomic mass is 9.81. The zero-order valence-corrected chi connectivity index (χ0v) is 7.21. The smallest absolute Gasteiger partial charge is 0.141 e. The van der Waals surface area contributed by atoms with Crippen LogP contribution in [0.4, 0.5) is 0 Å². The van der Waals surface area contributed by atoms with Crippen LogP contribution in [0, 0.1) is 0 Å². The molecule has 1 heterocycles. The molecule has 2 rings (SSSR count). The second kappa shape index (κ2) is 3.34. The average Bonchev–Trinajstić information content (AvgIpc) is 2.53. The summed E-state index contributed by atoms with van der Waals surface area (Å²) < 4.78 is 0. The minimum absolute atomic E-state index is 0.664. The molecule has 2 nitrogen and oxygen atoms in total. The van der Waals surface area contributed by atoms with Gasteiger partial charge in [-0.05, 0) is 29.9 Å². The van der Waals surface area contributed by atoms with Crippen molar-refractivity contribution in [3.05, 3.63) is 11.8 Å². The number of aromatic nitrogens is 2. The van der Waals surface area contributed by atoms with Gasteiger partial charge in [-0.3, -0.25) is 5.10 Å². The molecule has 0 bridgehead atoms. The quantitative estimate of drug-likeness (QED) is 0.615. The third-order valence-electron chi connectivity index (χ3n) is 2.74. The summed E-state index contributed by atoms with van der Waals surface area (Å²) in [4.78, 5) is 0. The molecule has 0 saturated heterocycles. The van der Waals surface area contributed by atoms with Crippen molar-refractivity contribution in [2.45, 2.75) is 38.0 Å². The van der Waals surface area contributed by atoms with Gasteiger partial charge in [-0.2, -0.15) is 5.10 Å². The van der Waals surface area contributed by atoms with E-state index in [0.717, 1.165) is 5.59 Å². The number of nitrogens with zero attached hydrogens (tertiary/aromatic N) is 1. The SMILES string of the molecule is [B]c1[nH]ncc1C1CCCCC1. The van der Waals surface area contributed by atoms with E-state index in [9.17, 15) is 0 Å². The van der Waals surface area contributed by atoms with Gasteiger partial charge >= 0.3 is 0 Å². The first-order valence-corrected chi connectivity index (χ1v) is 4.66. The first kappa shape index (κ1) is 7.90. The average molecular weight is 160 g/mol. The second-order valence-electron chi connectivity index (χ2n) is 3.57. The van der Waals surface area contributed by atoms with Gasteiger partial charge in [0.05, 0.1) is 6.20 Å². The van der Waals surface area contributed by atoms with Crippen LogP contribution in [0.5, 0.6) is 0 Å². The molecule has 0 aliphatic heterocycles. The Morgan fingerprint density at radius 2 is 2.08 bits per heavy atom. The highest BCUT2D eigenvalue weighted by atomic mass is 15.1. The lowest BCUT2D eigenvalue weighted by Gasteiger charge is -2.21. The van der Waals surface area contributed by atoms with E-state index >= 15 is 0 Å². The van der Waals surface area contributed by atoms with Crippen molar-refractivity contribution in [2.75, 3.05) is 0 Å². The normalized spacial score (nSPS) is 19.7. The van der Waals surface area contributed by atoms with Crippen molar-refractivity contribution in [2.24, 2.45) is 0 Å². The van der Waals surface area contributed by atoms with Crippen molar-refractivity contribution in [1.29, 1.82) is 0 Å². The Labute approximate surface area is 74.2 Å². The molecule has 1 fully saturated rings. The van der Waals surface area contributed by atoms with Crippen molar-refractivity contribution < 1.29 is 0 Å². The monoisotopic (exact) mass is 160 g/mol. The molecule has 1 saturated carbocycles. The van der Waals surface area contributed by atoms with Gasteiger partial charge in [-0.1, -0.05) is 19.3 Å². The van der Waals surface area contributed by atoms with Crippen LogP contribution in [0.1, 0.15) is 43.6 Å². The van der Waals surface area contributed by atoms with E-state index in [1.54, 1.807) is 0 Å². The van der Waals surface area contributed by atoms with E-state index in [4.69, 9.17) is 7.85 Å². The first-order valence-electron chi connectivity index (χ1n) is 4.66. The van der Waals surface area contributed by atoms with E-state index in [1.165, 1.54) is 37.7 Å². The fraction of sp³-hybridized carbons (Fsp3) is 0.667. The molecular formula is C9H13BN2. The second-order valence-corrected chi connectivity index (χ2v) is 3.57. The van der Waals surface area contributed by atoms with Gasteiger partial charge in [0.1, 0.15) is 7.85 Å². The number of nitrogens with one attached hydrogen (secondary N) is 1. The molecule has 2 radical (unpaired) electrons. The van der Waals surface area contributed by atoms with Gasteiger partial charge in [0.25, 0.3) is 0 Å². The summed E-state index contributed by atoms with van der Waals surface area (Å²) >= 11 is 0.